The van der Waals surface area contributed by atoms with Crippen LogP contribution in [0.2, 0.25) is 0 Å². The maximum Gasteiger partial charge on any atom is 0.269 e. The molecule has 76 valence electrons. The molecule has 0 heterocycles. The van der Waals surface area contributed by atoms with Crippen molar-refractivity contribution in [2.24, 2.45) is 0 Å². The van der Waals surface area contributed by atoms with Gasteiger partial charge in [-0.15, -0.1) is 0 Å². The van der Waals surface area contributed by atoms with Crippen molar-refractivity contribution >= 4 is 5.69 Å². The lowest BCUT2D eigenvalue weighted by molar-refractivity contribution is -0.385. The lowest BCUT2D eigenvalue weighted by Gasteiger charge is -2.18. The van der Waals surface area contributed by atoms with Crippen molar-refractivity contribution in [3.8, 4) is 0 Å². The molecule has 0 aliphatic carbocycles. The van der Waals surface area contributed by atoms with Gasteiger partial charge < -0.3 is 5.11 Å². The second-order valence-corrected chi connectivity index (χ2v) is 3.19. The Balaban J connectivity index is 2.99. The molecule has 0 aromatic heterocycles. The van der Waals surface area contributed by atoms with Gasteiger partial charge in [-0.2, -0.15) is 0 Å². The third-order valence-corrected chi connectivity index (χ3v) is 1.87. The molecule has 5 nitrogen and oxygen atoms in total. The van der Waals surface area contributed by atoms with Crippen LogP contribution in [0.25, 0.3) is 0 Å². The molecular weight excluding hydrogens is 184 g/mol. The summed E-state index contributed by atoms with van der Waals surface area (Å²) in [5.41, 5.74) is 0.507. The molecule has 1 atom stereocenters. The summed E-state index contributed by atoms with van der Waals surface area (Å²) in [4.78, 5) is 11.5. The molecule has 1 N–H and O–H groups in total. The number of nitro benzene ring substituents is 1. The number of rotatable bonds is 3. The maximum atomic E-state index is 10.5. The summed E-state index contributed by atoms with van der Waals surface area (Å²) in [5.74, 6) is 0. The van der Waals surface area contributed by atoms with Gasteiger partial charge in [0, 0.05) is 17.7 Å². The molecule has 0 aliphatic heterocycles. The number of non-ortho nitro benzene ring substituents is 1. The van der Waals surface area contributed by atoms with E-state index in [0.29, 0.717) is 5.56 Å². The highest BCUT2D eigenvalue weighted by Crippen LogP contribution is 2.19. The summed E-state index contributed by atoms with van der Waals surface area (Å²) in [6, 6.07) is 5.97. The molecule has 0 saturated heterocycles. The minimum absolute atomic E-state index is 0.0107. The minimum atomic E-state index is -0.810. The summed E-state index contributed by atoms with van der Waals surface area (Å²) in [7, 11) is 3.40. The Labute approximate surface area is 81.7 Å². The van der Waals surface area contributed by atoms with Crippen LogP contribution in [0.4, 0.5) is 5.69 Å². The molecule has 0 aliphatic rings. The van der Waals surface area contributed by atoms with Crippen molar-refractivity contribution in [3.63, 3.8) is 0 Å². The quantitative estimate of drug-likeness (QED) is 0.447. The van der Waals surface area contributed by atoms with E-state index in [9.17, 15) is 15.2 Å². The summed E-state index contributed by atoms with van der Waals surface area (Å²) < 4.78 is 0. The first kappa shape index (κ1) is 10.6. The molecule has 1 aromatic rings. The van der Waals surface area contributed by atoms with Gasteiger partial charge in [0.1, 0.15) is 6.23 Å². The molecule has 14 heavy (non-hydrogen) atoms. The van der Waals surface area contributed by atoms with Gasteiger partial charge in [0.05, 0.1) is 4.92 Å². The molecule has 1 aromatic carbocycles. The Bertz CT molecular complexity index is 339. The fourth-order valence-electron chi connectivity index (χ4n) is 1.10. The smallest absolute Gasteiger partial charge is 0.269 e. The third-order valence-electron chi connectivity index (χ3n) is 1.87. The first-order chi connectivity index (χ1) is 6.52. The van der Waals surface area contributed by atoms with Gasteiger partial charge in [0.2, 0.25) is 0 Å². The van der Waals surface area contributed by atoms with E-state index < -0.39 is 11.2 Å². The second-order valence-electron chi connectivity index (χ2n) is 3.19. The normalized spacial score (nSPS) is 12.9. The zero-order chi connectivity index (χ0) is 10.7. The highest BCUT2D eigenvalue weighted by Gasteiger charge is 2.13. The standard InChI is InChI=1S/C9H12N2O3/c1-10(2)9(12)7-4-3-5-8(6-7)11(13)14/h3-6,9,12H,1-2H3. The Morgan fingerprint density at radius 3 is 2.64 bits per heavy atom. The lowest BCUT2D eigenvalue weighted by Crippen LogP contribution is -2.19. The van der Waals surface area contributed by atoms with Gasteiger partial charge in [-0.25, -0.2) is 0 Å². The number of aliphatic hydroxyl groups is 1. The van der Waals surface area contributed by atoms with Gasteiger partial charge >= 0.3 is 0 Å². The number of benzene rings is 1. The van der Waals surface area contributed by atoms with Gasteiger partial charge in [-0.05, 0) is 14.1 Å². The van der Waals surface area contributed by atoms with E-state index in [4.69, 9.17) is 0 Å². The van der Waals surface area contributed by atoms with Crippen molar-refractivity contribution < 1.29 is 10.0 Å². The van der Waals surface area contributed by atoms with Crippen molar-refractivity contribution in [2.75, 3.05) is 14.1 Å². The molecule has 0 spiro atoms. The van der Waals surface area contributed by atoms with Crippen LogP contribution in [-0.4, -0.2) is 29.0 Å². The molecule has 0 saturated carbocycles. The SMILES string of the molecule is CN(C)C(O)c1cccc([N+](=O)[O-])c1. The van der Waals surface area contributed by atoms with Crippen molar-refractivity contribution in [1.29, 1.82) is 0 Å². The van der Waals surface area contributed by atoms with E-state index in [1.165, 1.54) is 12.1 Å². The highest BCUT2D eigenvalue weighted by atomic mass is 16.6. The third kappa shape index (κ3) is 2.27. The Morgan fingerprint density at radius 1 is 1.50 bits per heavy atom. The molecule has 0 bridgehead atoms. The van der Waals surface area contributed by atoms with E-state index >= 15 is 0 Å². The minimum Gasteiger partial charge on any atom is -0.374 e. The van der Waals surface area contributed by atoms with Crippen LogP contribution in [0.3, 0.4) is 0 Å². The number of nitrogens with zero attached hydrogens (tertiary/aromatic N) is 2. The molecule has 0 amide bonds. The van der Waals surface area contributed by atoms with E-state index in [-0.39, 0.29) is 5.69 Å². The fourth-order valence-corrected chi connectivity index (χ4v) is 1.10. The first-order valence-electron chi connectivity index (χ1n) is 4.11. The highest BCUT2D eigenvalue weighted by molar-refractivity contribution is 5.35. The van der Waals surface area contributed by atoms with Crippen LogP contribution in [0.15, 0.2) is 24.3 Å². The van der Waals surface area contributed by atoms with E-state index in [2.05, 4.69) is 0 Å². The Morgan fingerprint density at radius 2 is 2.14 bits per heavy atom. The zero-order valence-electron chi connectivity index (χ0n) is 8.04. The van der Waals surface area contributed by atoms with Crippen LogP contribution >= 0.6 is 0 Å². The monoisotopic (exact) mass is 196 g/mol. The molecule has 0 fully saturated rings. The fraction of sp³-hybridized carbons (Fsp3) is 0.333. The lowest BCUT2D eigenvalue weighted by atomic mass is 10.1. The van der Waals surface area contributed by atoms with Crippen molar-refractivity contribution in [1.82, 2.24) is 4.90 Å². The van der Waals surface area contributed by atoms with E-state index in [1.807, 2.05) is 0 Å². The largest absolute Gasteiger partial charge is 0.374 e. The van der Waals surface area contributed by atoms with Crippen LogP contribution in [0.1, 0.15) is 11.8 Å². The molecule has 0 radical (unpaired) electrons. The van der Waals surface area contributed by atoms with Crippen LogP contribution in [-0.2, 0) is 0 Å². The predicted octanol–water partition coefficient (Wildman–Crippen LogP) is 1.15. The first-order valence-corrected chi connectivity index (χ1v) is 4.11. The topological polar surface area (TPSA) is 66.6 Å². The average Bonchev–Trinajstić information content (AvgIpc) is 2.16. The molecular formula is C9H12N2O3. The second kappa shape index (κ2) is 4.17. The van der Waals surface area contributed by atoms with E-state index in [0.717, 1.165) is 0 Å². The summed E-state index contributed by atoms with van der Waals surface area (Å²) in [5, 5.41) is 20.1. The predicted molar refractivity (Wildman–Crippen MR) is 51.7 cm³/mol. The van der Waals surface area contributed by atoms with Crippen LogP contribution in [0.5, 0.6) is 0 Å². The summed E-state index contributed by atoms with van der Waals surface area (Å²) >= 11 is 0. The molecule has 5 heteroatoms. The van der Waals surface area contributed by atoms with Gasteiger partial charge in [0.25, 0.3) is 5.69 Å². The summed E-state index contributed by atoms with van der Waals surface area (Å²) in [6.45, 7) is 0. The van der Waals surface area contributed by atoms with Gasteiger partial charge in [0.15, 0.2) is 0 Å². The number of nitro groups is 1. The van der Waals surface area contributed by atoms with Crippen molar-refractivity contribution in [3.05, 3.63) is 39.9 Å². The molecule has 1 unspecified atom stereocenters. The van der Waals surface area contributed by atoms with Gasteiger partial charge in [-0.3, -0.25) is 15.0 Å². The van der Waals surface area contributed by atoms with Crippen LogP contribution < -0.4 is 0 Å². The van der Waals surface area contributed by atoms with Crippen molar-refractivity contribution in [2.45, 2.75) is 6.23 Å². The Kier molecular flexibility index (Phi) is 3.16. The van der Waals surface area contributed by atoms with Crippen LogP contribution in [0, 0.1) is 10.1 Å². The maximum absolute atomic E-state index is 10.5. The number of aliphatic hydroxyl groups excluding tert-OH is 1. The average molecular weight is 196 g/mol. The number of hydrogen-bond donors (Lipinski definition) is 1. The van der Waals surface area contributed by atoms with E-state index in [1.54, 1.807) is 31.1 Å². The molecule has 1 rings (SSSR count). The number of hydrogen-bond acceptors (Lipinski definition) is 4. The Hall–Kier alpha value is -1.46. The van der Waals surface area contributed by atoms with Gasteiger partial charge in [-0.1, -0.05) is 12.1 Å². The zero-order valence-corrected chi connectivity index (χ0v) is 8.04. The summed E-state index contributed by atoms with van der Waals surface area (Å²) in [6.07, 6.45) is -0.810.